The van der Waals surface area contributed by atoms with Crippen molar-refractivity contribution in [3.63, 3.8) is 0 Å². The van der Waals surface area contributed by atoms with Crippen molar-refractivity contribution >= 4 is 52.6 Å². The van der Waals surface area contributed by atoms with Crippen LogP contribution in [0.4, 0.5) is 0 Å². The van der Waals surface area contributed by atoms with Gasteiger partial charge >= 0.3 is 0 Å². The van der Waals surface area contributed by atoms with Gasteiger partial charge in [0.2, 0.25) is 5.91 Å². The molecule has 0 saturated carbocycles. The van der Waals surface area contributed by atoms with Gasteiger partial charge in [0.15, 0.2) is 8.29 Å². The van der Waals surface area contributed by atoms with Gasteiger partial charge in [0.25, 0.3) is 0 Å². The number of hydrogen-bond acceptors (Lipinski definition) is 7. The molecule has 146 valence electrons. The Morgan fingerprint density at radius 2 is 1.89 bits per heavy atom. The molecule has 3 aromatic rings. The van der Waals surface area contributed by atoms with E-state index >= 15 is 0 Å². The summed E-state index contributed by atoms with van der Waals surface area (Å²) in [4.78, 5) is 18.3. The summed E-state index contributed by atoms with van der Waals surface area (Å²) in [6.07, 6.45) is 0. The summed E-state index contributed by atoms with van der Waals surface area (Å²) in [5.41, 5.74) is 0.948. The monoisotopic (exact) mass is 448 g/mol. The first-order chi connectivity index (χ1) is 13.7. The SMILES string of the molecule is O=C(CSc1nn(-c2ccccc2)c(=S)s1)N1CCN(Cc2cccs2)CC1. The molecule has 0 unspecified atom stereocenters. The third-order valence-corrected chi connectivity index (χ3v) is 7.74. The van der Waals surface area contributed by atoms with Crippen molar-refractivity contribution in [1.82, 2.24) is 19.6 Å². The molecule has 1 aliphatic heterocycles. The Labute approximate surface area is 181 Å². The molecule has 0 atom stereocenters. The fourth-order valence-corrected chi connectivity index (χ4v) is 6.05. The van der Waals surface area contributed by atoms with Crippen molar-refractivity contribution in [2.24, 2.45) is 0 Å². The van der Waals surface area contributed by atoms with E-state index in [0.29, 0.717) is 9.71 Å². The number of thiophene rings is 1. The minimum absolute atomic E-state index is 0.174. The number of aromatic nitrogens is 2. The van der Waals surface area contributed by atoms with Crippen LogP contribution in [-0.2, 0) is 11.3 Å². The van der Waals surface area contributed by atoms with Gasteiger partial charge < -0.3 is 4.90 Å². The maximum atomic E-state index is 12.6. The molecular weight excluding hydrogens is 429 g/mol. The Balaban J connectivity index is 1.28. The highest BCUT2D eigenvalue weighted by molar-refractivity contribution is 8.01. The number of nitrogens with zero attached hydrogens (tertiary/aromatic N) is 4. The molecule has 28 heavy (non-hydrogen) atoms. The highest BCUT2D eigenvalue weighted by Crippen LogP contribution is 2.24. The van der Waals surface area contributed by atoms with Crippen LogP contribution in [0.2, 0.25) is 0 Å². The fourth-order valence-electron chi connectivity index (χ4n) is 3.04. The van der Waals surface area contributed by atoms with Crippen molar-refractivity contribution in [3.8, 4) is 5.69 Å². The predicted molar refractivity (Wildman–Crippen MR) is 119 cm³/mol. The summed E-state index contributed by atoms with van der Waals surface area (Å²) in [6, 6.07) is 14.1. The van der Waals surface area contributed by atoms with Gasteiger partial charge in [0.05, 0.1) is 11.4 Å². The number of piperazine rings is 1. The third-order valence-electron chi connectivity index (χ3n) is 4.53. The second-order valence-corrected chi connectivity index (χ2v) is 10.3. The number of rotatable bonds is 6. The van der Waals surface area contributed by atoms with E-state index in [1.54, 1.807) is 16.0 Å². The smallest absolute Gasteiger partial charge is 0.233 e. The lowest BCUT2D eigenvalue weighted by Gasteiger charge is -2.34. The molecular formula is C19H20N4OS4. The zero-order chi connectivity index (χ0) is 19.3. The number of benzene rings is 1. The van der Waals surface area contributed by atoms with E-state index in [9.17, 15) is 4.79 Å². The number of para-hydroxylation sites is 1. The van der Waals surface area contributed by atoms with Crippen LogP contribution in [0.25, 0.3) is 5.69 Å². The van der Waals surface area contributed by atoms with Crippen LogP contribution in [0.15, 0.2) is 52.2 Å². The zero-order valence-corrected chi connectivity index (χ0v) is 18.5. The maximum absolute atomic E-state index is 12.6. The fraction of sp³-hybridized carbons (Fsp3) is 0.316. The van der Waals surface area contributed by atoms with Crippen molar-refractivity contribution < 1.29 is 4.79 Å². The van der Waals surface area contributed by atoms with Gasteiger partial charge in [-0.05, 0) is 35.8 Å². The predicted octanol–water partition coefficient (Wildman–Crippen LogP) is 4.16. The third kappa shape index (κ3) is 4.90. The minimum atomic E-state index is 0.174. The normalized spacial score (nSPS) is 15.1. The van der Waals surface area contributed by atoms with E-state index in [1.807, 2.05) is 35.2 Å². The second-order valence-electron chi connectivity index (χ2n) is 6.41. The van der Waals surface area contributed by atoms with Crippen LogP contribution in [-0.4, -0.2) is 57.4 Å². The molecule has 0 radical (unpaired) electrons. The van der Waals surface area contributed by atoms with Crippen LogP contribution in [0.3, 0.4) is 0 Å². The Hall–Kier alpha value is -1.52. The summed E-state index contributed by atoms with van der Waals surface area (Å²) >= 11 is 10.1. The average molecular weight is 449 g/mol. The molecule has 1 aliphatic rings. The average Bonchev–Trinajstić information content (AvgIpc) is 3.37. The standard InChI is InChI=1S/C19H20N4OS4/c24-17(22-10-8-21(9-11-22)13-16-7-4-12-26-16)14-27-18-20-23(19(25)28-18)15-5-2-1-3-6-15/h1-7,12H,8-11,13-14H2. The molecule has 0 aliphatic carbocycles. The molecule has 5 nitrogen and oxygen atoms in total. The van der Waals surface area contributed by atoms with Crippen molar-refractivity contribution in [3.05, 3.63) is 56.7 Å². The van der Waals surface area contributed by atoms with Crippen LogP contribution >= 0.6 is 46.7 Å². The first-order valence-corrected chi connectivity index (χ1v) is 12.1. The quantitative estimate of drug-likeness (QED) is 0.418. The van der Waals surface area contributed by atoms with Crippen molar-refractivity contribution in [1.29, 1.82) is 0 Å². The second kappa shape index (κ2) is 9.32. The summed E-state index contributed by atoms with van der Waals surface area (Å²) in [5.74, 6) is 0.579. The van der Waals surface area contributed by atoms with Gasteiger partial charge in [-0.15, -0.1) is 16.4 Å². The molecule has 2 aromatic heterocycles. The lowest BCUT2D eigenvalue weighted by atomic mass is 10.3. The van der Waals surface area contributed by atoms with Gasteiger partial charge in [-0.3, -0.25) is 9.69 Å². The molecule has 4 rings (SSSR count). The van der Waals surface area contributed by atoms with Gasteiger partial charge in [-0.2, -0.15) is 0 Å². The molecule has 1 saturated heterocycles. The molecule has 0 spiro atoms. The Morgan fingerprint density at radius 1 is 1.11 bits per heavy atom. The van der Waals surface area contributed by atoms with E-state index in [-0.39, 0.29) is 5.91 Å². The molecule has 0 bridgehead atoms. The van der Waals surface area contributed by atoms with Crippen LogP contribution in [0, 0.1) is 3.95 Å². The van der Waals surface area contributed by atoms with E-state index in [4.69, 9.17) is 12.2 Å². The molecule has 1 aromatic carbocycles. The van der Waals surface area contributed by atoms with Crippen LogP contribution in [0.1, 0.15) is 4.88 Å². The van der Waals surface area contributed by atoms with Gasteiger partial charge in [0, 0.05) is 37.6 Å². The number of carbonyl (C=O) groups is 1. The molecule has 1 fully saturated rings. The first-order valence-electron chi connectivity index (χ1n) is 9.00. The zero-order valence-electron chi connectivity index (χ0n) is 15.2. The number of carbonyl (C=O) groups excluding carboxylic acids is 1. The molecule has 3 heterocycles. The van der Waals surface area contributed by atoms with E-state index in [1.165, 1.54) is 28.0 Å². The lowest BCUT2D eigenvalue weighted by Crippen LogP contribution is -2.48. The molecule has 1 amide bonds. The number of amides is 1. The molecule has 0 N–H and O–H groups in total. The summed E-state index contributed by atoms with van der Waals surface area (Å²) in [6.45, 7) is 4.41. The topological polar surface area (TPSA) is 41.4 Å². The minimum Gasteiger partial charge on any atom is -0.339 e. The largest absolute Gasteiger partial charge is 0.339 e. The molecule has 9 heteroatoms. The Kier molecular flexibility index (Phi) is 6.58. The first kappa shape index (κ1) is 19.8. The highest BCUT2D eigenvalue weighted by atomic mass is 32.2. The van der Waals surface area contributed by atoms with Crippen LogP contribution in [0.5, 0.6) is 0 Å². The lowest BCUT2D eigenvalue weighted by molar-refractivity contribution is -0.130. The maximum Gasteiger partial charge on any atom is 0.233 e. The Bertz CT molecular complexity index is 959. The van der Waals surface area contributed by atoms with E-state index < -0.39 is 0 Å². The Morgan fingerprint density at radius 3 is 2.61 bits per heavy atom. The summed E-state index contributed by atoms with van der Waals surface area (Å²) in [5, 5.41) is 6.68. The van der Waals surface area contributed by atoms with E-state index in [0.717, 1.165) is 42.8 Å². The van der Waals surface area contributed by atoms with Gasteiger partial charge in [-0.1, -0.05) is 47.4 Å². The highest BCUT2D eigenvalue weighted by Gasteiger charge is 2.21. The van der Waals surface area contributed by atoms with Gasteiger partial charge in [-0.25, -0.2) is 4.68 Å². The van der Waals surface area contributed by atoms with E-state index in [2.05, 4.69) is 27.5 Å². The van der Waals surface area contributed by atoms with Crippen molar-refractivity contribution in [2.75, 3.05) is 31.9 Å². The number of thioether (sulfide) groups is 1. The summed E-state index contributed by atoms with van der Waals surface area (Å²) < 4.78 is 3.29. The van der Waals surface area contributed by atoms with Gasteiger partial charge in [0.1, 0.15) is 0 Å². The summed E-state index contributed by atoms with van der Waals surface area (Å²) in [7, 11) is 0. The van der Waals surface area contributed by atoms with Crippen LogP contribution < -0.4 is 0 Å². The van der Waals surface area contributed by atoms with Crippen molar-refractivity contribution in [2.45, 2.75) is 10.9 Å². The number of hydrogen-bond donors (Lipinski definition) is 0.